The molecule has 1 rings (SSSR count). The van der Waals surface area contributed by atoms with Crippen molar-refractivity contribution in [1.29, 1.82) is 0 Å². The summed E-state index contributed by atoms with van der Waals surface area (Å²) >= 11 is 0. The first kappa shape index (κ1) is 7.46. The van der Waals surface area contributed by atoms with Crippen molar-refractivity contribution in [3.63, 3.8) is 0 Å². The summed E-state index contributed by atoms with van der Waals surface area (Å²) in [6, 6.07) is 1.48. The van der Waals surface area contributed by atoms with E-state index in [0.717, 1.165) is 0 Å². The van der Waals surface area contributed by atoms with Crippen LogP contribution in [0.1, 0.15) is 6.92 Å². The van der Waals surface area contributed by atoms with Crippen LogP contribution in [0.5, 0.6) is 0 Å². The van der Waals surface area contributed by atoms with Gasteiger partial charge >= 0.3 is 0 Å². The number of carbonyl (C=O) groups excluding carboxylic acids is 1. The van der Waals surface area contributed by atoms with Gasteiger partial charge in [-0.1, -0.05) is 0 Å². The van der Waals surface area contributed by atoms with Crippen LogP contribution in [-0.4, -0.2) is 21.1 Å². The fourth-order valence-electron chi connectivity index (χ4n) is 0.591. The number of amides is 1. The fourth-order valence-corrected chi connectivity index (χ4v) is 0.591. The van der Waals surface area contributed by atoms with Gasteiger partial charge in [0.1, 0.15) is 0 Å². The minimum absolute atomic E-state index is 0.289. The van der Waals surface area contributed by atoms with Crippen molar-refractivity contribution in [2.45, 2.75) is 6.92 Å². The van der Waals surface area contributed by atoms with Gasteiger partial charge in [0.25, 0.3) is 0 Å². The van der Waals surface area contributed by atoms with Gasteiger partial charge in [0.05, 0.1) is 17.8 Å². The third-order valence-electron chi connectivity index (χ3n) is 0.973. The van der Waals surface area contributed by atoms with Gasteiger partial charge in [0.2, 0.25) is 5.91 Å². The van der Waals surface area contributed by atoms with E-state index in [-0.39, 0.29) is 5.91 Å². The van der Waals surface area contributed by atoms with E-state index in [2.05, 4.69) is 10.1 Å². The Morgan fingerprint density at radius 2 is 2.55 bits per heavy atom. The zero-order chi connectivity index (χ0) is 8.27. The van der Waals surface area contributed by atoms with Crippen molar-refractivity contribution in [1.82, 2.24) is 9.94 Å². The highest BCUT2D eigenvalue weighted by atomic mass is 16.5. The predicted molar refractivity (Wildman–Crippen MR) is 35.7 cm³/mol. The summed E-state index contributed by atoms with van der Waals surface area (Å²) in [5.41, 5.74) is 0. The van der Waals surface area contributed by atoms with Crippen LogP contribution < -0.4 is 5.36 Å². The van der Waals surface area contributed by atoms with Gasteiger partial charge < -0.3 is 5.21 Å². The molecule has 0 aromatic carbocycles. The molecule has 0 spiro atoms. The molecule has 0 fully saturated rings. The molecular formula is C6H7N3O2. The first-order valence-corrected chi connectivity index (χ1v) is 2.98. The molecule has 0 aliphatic heterocycles. The van der Waals surface area contributed by atoms with Gasteiger partial charge in [0.15, 0.2) is 0 Å². The van der Waals surface area contributed by atoms with Crippen molar-refractivity contribution in [2.24, 2.45) is 4.99 Å². The second kappa shape index (κ2) is 2.96. The topological polar surface area (TPSA) is 67.5 Å². The molecule has 58 valence electrons. The van der Waals surface area contributed by atoms with Crippen LogP contribution in [0.25, 0.3) is 0 Å². The number of aromatic nitrogens is 2. The van der Waals surface area contributed by atoms with E-state index in [1.54, 1.807) is 0 Å². The Labute approximate surface area is 62.6 Å². The lowest BCUT2D eigenvalue weighted by Gasteiger charge is -1.90. The van der Waals surface area contributed by atoms with E-state index in [1.807, 2.05) is 0 Å². The summed E-state index contributed by atoms with van der Waals surface area (Å²) in [7, 11) is 0. The minimum Gasteiger partial charge on any atom is -0.412 e. The van der Waals surface area contributed by atoms with Crippen molar-refractivity contribution in [2.75, 3.05) is 0 Å². The number of rotatable bonds is 0. The predicted octanol–water partition coefficient (Wildman–Crippen LogP) is -0.432. The quantitative estimate of drug-likeness (QED) is 0.514. The lowest BCUT2D eigenvalue weighted by molar-refractivity contribution is -0.116. The van der Waals surface area contributed by atoms with Crippen LogP contribution in [0.2, 0.25) is 0 Å². The van der Waals surface area contributed by atoms with E-state index in [4.69, 9.17) is 5.21 Å². The molecule has 0 unspecified atom stereocenters. The highest BCUT2D eigenvalue weighted by molar-refractivity contribution is 5.73. The Kier molecular flexibility index (Phi) is 2.00. The Balaban J connectivity index is 3.08. The molecule has 5 heteroatoms. The summed E-state index contributed by atoms with van der Waals surface area (Å²) in [5.74, 6) is -0.289. The Bertz CT molecular complexity index is 308. The summed E-state index contributed by atoms with van der Waals surface area (Å²) in [5, 5.41) is 12.6. The second-order valence-corrected chi connectivity index (χ2v) is 1.94. The lowest BCUT2D eigenvalue weighted by atomic mass is 10.5. The zero-order valence-corrected chi connectivity index (χ0v) is 5.93. The van der Waals surface area contributed by atoms with E-state index in [9.17, 15) is 4.79 Å². The van der Waals surface area contributed by atoms with Gasteiger partial charge in [-0.2, -0.15) is 0 Å². The number of nitrogens with zero attached hydrogens (tertiary/aromatic N) is 3. The van der Waals surface area contributed by atoms with Crippen molar-refractivity contribution >= 4 is 5.91 Å². The molecule has 0 aliphatic carbocycles. The van der Waals surface area contributed by atoms with E-state index < -0.39 is 0 Å². The molecule has 5 nitrogen and oxygen atoms in total. The second-order valence-electron chi connectivity index (χ2n) is 1.94. The lowest BCUT2D eigenvalue weighted by Crippen LogP contribution is -2.09. The summed E-state index contributed by atoms with van der Waals surface area (Å²) in [6.45, 7) is 1.35. The van der Waals surface area contributed by atoms with Gasteiger partial charge in [-0.15, -0.1) is 9.94 Å². The first-order chi connectivity index (χ1) is 5.18. The van der Waals surface area contributed by atoms with E-state index in [0.29, 0.717) is 10.2 Å². The van der Waals surface area contributed by atoms with Crippen molar-refractivity contribution in [3.05, 3.63) is 23.8 Å². The molecule has 0 aliphatic rings. The van der Waals surface area contributed by atoms with Crippen LogP contribution in [0.3, 0.4) is 0 Å². The minimum atomic E-state index is -0.289. The molecular weight excluding hydrogens is 146 g/mol. The summed E-state index contributed by atoms with van der Waals surface area (Å²) in [6.07, 6.45) is 2.59. The molecule has 11 heavy (non-hydrogen) atoms. The maximum Gasteiger partial charge on any atom is 0.243 e. The average molecular weight is 153 g/mol. The van der Waals surface area contributed by atoms with E-state index >= 15 is 0 Å². The highest BCUT2D eigenvalue weighted by Gasteiger charge is 1.85. The molecule has 0 bridgehead atoms. The van der Waals surface area contributed by atoms with Gasteiger partial charge in [-0.3, -0.25) is 4.79 Å². The number of hydrogen-bond donors (Lipinski definition) is 1. The average Bonchev–Trinajstić information content (AvgIpc) is 1.93. The molecule has 1 N–H and O–H groups in total. The first-order valence-electron chi connectivity index (χ1n) is 2.98. The molecule has 0 saturated carbocycles. The highest BCUT2D eigenvalue weighted by Crippen LogP contribution is 1.71. The third-order valence-corrected chi connectivity index (χ3v) is 0.973. The van der Waals surface area contributed by atoms with Gasteiger partial charge in [0, 0.05) is 6.92 Å². The summed E-state index contributed by atoms with van der Waals surface area (Å²) < 4.78 is 0. The van der Waals surface area contributed by atoms with Gasteiger partial charge in [-0.05, 0) is 6.07 Å². The van der Waals surface area contributed by atoms with Gasteiger partial charge in [-0.25, -0.2) is 4.99 Å². The third kappa shape index (κ3) is 2.21. The maximum absolute atomic E-state index is 10.4. The van der Waals surface area contributed by atoms with E-state index in [1.165, 1.54) is 25.4 Å². The monoisotopic (exact) mass is 153 g/mol. The fraction of sp³-hybridized carbons (Fsp3) is 0.167. The number of carbonyl (C=O) groups is 1. The molecule has 0 saturated heterocycles. The SMILES string of the molecule is CC(=O)N=c1ccn(O)nc1. The van der Waals surface area contributed by atoms with Crippen LogP contribution >= 0.6 is 0 Å². The molecule has 1 aromatic heterocycles. The standard InChI is InChI=1S/C6H7N3O2/c1-5(10)8-6-2-3-9(11)7-4-6/h2-4,11H,1H3. The Morgan fingerprint density at radius 3 is 3.00 bits per heavy atom. The van der Waals surface area contributed by atoms with Crippen molar-refractivity contribution < 1.29 is 10.0 Å². The largest absolute Gasteiger partial charge is 0.412 e. The van der Waals surface area contributed by atoms with Crippen LogP contribution in [-0.2, 0) is 4.79 Å². The maximum atomic E-state index is 10.4. The zero-order valence-electron chi connectivity index (χ0n) is 5.93. The molecule has 0 atom stereocenters. The molecule has 1 aromatic rings. The molecule has 1 amide bonds. The van der Waals surface area contributed by atoms with Crippen LogP contribution in [0.15, 0.2) is 23.5 Å². The number of hydrogen-bond acceptors (Lipinski definition) is 3. The Morgan fingerprint density at radius 1 is 1.82 bits per heavy atom. The Hall–Kier alpha value is -1.65. The summed E-state index contributed by atoms with van der Waals surface area (Å²) in [4.78, 5) is 14.6. The molecule has 1 heterocycles. The van der Waals surface area contributed by atoms with Crippen molar-refractivity contribution in [3.8, 4) is 0 Å². The normalized spacial score (nSPS) is 11.5. The smallest absolute Gasteiger partial charge is 0.243 e. The van der Waals surface area contributed by atoms with Crippen LogP contribution in [0.4, 0.5) is 0 Å². The molecule has 0 radical (unpaired) electrons. The van der Waals surface area contributed by atoms with Crippen LogP contribution in [0, 0.1) is 0 Å².